The number of anilines is 2. The van der Waals surface area contributed by atoms with Crippen molar-refractivity contribution in [3.8, 4) is 0 Å². The molecular formula is C11H16N2. The van der Waals surface area contributed by atoms with Gasteiger partial charge in [-0.25, -0.2) is 0 Å². The molecule has 2 heteroatoms. The summed E-state index contributed by atoms with van der Waals surface area (Å²) in [4.78, 5) is 2.14. The third-order valence-corrected chi connectivity index (χ3v) is 2.55. The Hall–Kier alpha value is -1.18. The van der Waals surface area contributed by atoms with Crippen molar-refractivity contribution in [3.05, 3.63) is 23.8 Å². The van der Waals surface area contributed by atoms with Gasteiger partial charge in [0.25, 0.3) is 0 Å². The molecule has 70 valence electrons. The Morgan fingerprint density at radius 3 is 2.92 bits per heavy atom. The van der Waals surface area contributed by atoms with Crippen LogP contribution in [0.25, 0.3) is 0 Å². The van der Waals surface area contributed by atoms with Crippen molar-refractivity contribution in [1.82, 2.24) is 0 Å². The van der Waals surface area contributed by atoms with Crippen LogP contribution >= 0.6 is 0 Å². The van der Waals surface area contributed by atoms with Crippen LogP contribution in [0.3, 0.4) is 0 Å². The number of rotatable bonds is 1. The van der Waals surface area contributed by atoms with Gasteiger partial charge < -0.3 is 10.2 Å². The summed E-state index contributed by atoms with van der Waals surface area (Å²) in [6, 6.07) is 6.65. The fourth-order valence-electron chi connectivity index (χ4n) is 1.73. The highest BCUT2D eigenvalue weighted by atomic mass is 15.1. The number of fused-ring (bicyclic) bond motifs is 1. The first-order valence-electron chi connectivity index (χ1n) is 4.81. The first-order valence-corrected chi connectivity index (χ1v) is 4.81. The number of hydrogen-bond donors (Lipinski definition) is 1. The summed E-state index contributed by atoms with van der Waals surface area (Å²) in [5.41, 5.74) is 4.04. The second-order valence-electron chi connectivity index (χ2n) is 3.77. The number of hydrogen-bond acceptors (Lipinski definition) is 2. The van der Waals surface area contributed by atoms with E-state index in [9.17, 15) is 0 Å². The first-order chi connectivity index (χ1) is 6.27. The highest BCUT2D eigenvalue weighted by Crippen LogP contribution is 2.26. The lowest BCUT2D eigenvalue weighted by molar-refractivity contribution is 0.830. The first kappa shape index (κ1) is 8.42. The van der Waals surface area contributed by atoms with Gasteiger partial charge in [-0.15, -0.1) is 0 Å². The number of aryl methyl sites for hydroxylation is 1. The molecule has 1 aliphatic rings. The summed E-state index contributed by atoms with van der Waals surface area (Å²) < 4.78 is 0. The van der Waals surface area contributed by atoms with Gasteiger partial charge >= 0.3 is 0 Å². The van der Waals surface area contributed by atoms with Gasteiger partial charge in [-0.2, -0.15) is 0 Å². The molecule has 0 unspecified atom stereocenters. The highest BCUT2D eigenvalue weighted by molar-refractivity contribution is 5.62. The van der Waals surface area contributed by atoms with Crippen molar-refractivity contribution in [2.45, 2.75) is 12.8 Å². The van der Waals surface area contributed by atoms with Crippen molar-refractivity contribution < 1.29 is 0 Å². The van der Waals surface area contributed by atoms with E-state index in [1.807, 2.05) is 0 Å². The average Bonchev–Trinajstić information content (AvgIpc) is 2.17. The van der Waals surface area contributed by atoms with Crippen LogP contribution in [0, 0.1) is 0 Å². The monoisotopic (exact) mass is 176 g/mol. The second kappa shape index (κ2) is 3.29. The van der Waals surface area contributed by atoms with Crippen LogP contribution < -0.4 is 10.2 Å². The molecule has 1 aromatic rings. The molecule has 0 atom stereocenters. The van der Waals surface area contributed by atoms with Crippen molar-refractivity contribution in [2.75, 3.05) is 30.9 Å². The van der Waals surface area contributed by atoms with E-state index >= 15 is 0 Å². The van der Waals surface area contributed by atoms with E-state index in [-0.39, 0.29) is 0 Å². The third kappa shape index (κ3) is 1.62. The summed E-state index contributed by atoms with van der Waals surface area (Å²) in [5, 5.41) is 3.43. The normalized spacial score (nSPS) is 14.6. The molecule has 2 nitrogen and oxygen atoms in total. The van der Waals surface area contributed by atoms with E-state index in [0.29, 0.717) is 0 Å². The lowest BCUT2D eigenvalue weighted by Crippen LogP contribution is -2.14. The summed E-state index contributed by atoms with van der Waals surface area (Å²) in [7, 11) is 4.15. The predicted molar refractivity (Wildman–Crippen MR) is 57.6 cm³/mol. The van der Waals surface area contributed by atoms with Gasteiger partial charge in [0.15, 0.2) is 0 Å². The summed E-state index contributed by atoms with van der Waals surface area (Å²) in [6.07, 6.45) is 2.48. The molecule has 0 spiro atoms. The van der Waals surface area contributed by atoms with E-state index < -0.39 is 0 Å². The minimum Gasteiger partial charge on any atom is -0.385 e. The highest BCUT2D eigenvalue weighted by Gasteiger charge is 2.08. The SMILES string of the molecule is CN(C)c1ccc2c(c1)NCCC2. The Morgan fingerprint density at radius 1 is 1.31 bits per heavy atom. The Bertz CT molecular complexity index is 305. The maximum atomic E-state index is 3.43. The van der Waals surface area contributed by atoms with Crippen molar-refractivity contribution >= 4 is 11.4 Å². The molecule has 13 heavy (non-hydrogen) atoms. The molecule has 1 N–H and O–H groups in total. The van der Waals surface area contributed by atoms with E-state index in [4.69, 9.17) is 0 Å². The number of benzene rings is 1. The van der Waals surface area contributed by atoms with Crippen molar-refractivity contribution in [2.24, 2.45) is 0 Å². The molecule has 1 aromatic carbocycles. The van der Waals surface area contributed by atoms with Crippen LogP contribution in [0.15, 0.2) is 18.2 Å². The Kier molecular flexibility index (Phi) is 2.13. The molecule has 0 bridgehead atoms. The average molecular weight is 176 g/mol. The maximum absolute atomic E-state index is 3.43. The standard InChI is InChI=1S/C11H16N2/c1-13(2)10-6-5-9-4-3-7-12-11(9)8-10/h5-6,8,12H,3-4,7H2,1-2H3. The molecule has 1 heterocycles. The zero-order valence-corrected chi connectivity index (χ0v) is 8.30. The van der Waals surface area contributed by atoms with E-state index in [1.54, 1.807) is 0 Å². The summed E-state index contributed by atoms with van der Waals surface area (Å²) in [6.45, 7) is 1.11. The quantitative estimate of drug-likeness (QED) is 0.705. The van der Waals surface area contributed by atoms with E-state index in [2.05, 4.69) is 42.5 Å². The number of nitrogens with zero attached hydrogens (tertiary/aromatic N) is 1. The zero-order valence-electron chi connectivity index (χ0n) is 8.30. The van der Waals surface area contributed by atoms with E-state index in [1.165, 1.54) is 29.8 Å². The fourth-order valence-corrected chi connectivity index (χ4v) is 1.73. The molecule has 2 rings (SSSR count). The predicted octanol–water partition coefficient (Wildman–Crippen LogP) is 2.11. The third-order valence-electron chi connectivity index (χ3n) is 2.55. The molecule has 0 aromatic heterocycles. The summed E-state index contributed by atoms with van der Waals surface area (Å²) in [5.74, 6) is 0. The van der Waals surface area contributed by atoms with Crippen LogP contribution in [0.5, 0.6) is 0 Å². The van der Waals surface area contributed by atoms with Crippen LogP contribution in [0.1, 0.15) is 12.0 Å². The molecule has 0 aliphatic carbocycles. The molecule has 0 radical (unpaired) electrons. The fraction of sp³-hybridized carbons (Fsp3) is 0.455. The molecule has 0 saturated heterocycles. The Labute approximate surface area is 79.6 Å². The van der Waals surface area contributed by atoms with Crippen molar-refractivity contribution in [1.29, 1.82) is 0 Å². The van der Waals surface area contributed by atoms with Gasteiger partial charge in [0, 0.05) is 32.0 Å². The van der Waals surface area contributed by atoms with Gasteiger partial charge in [-0.05, 0) is 30.5 Å². The van der Waals surface area contributed by atoms with Gasteiger partial charge in [0.05, 0.1) is 0 Å². The zero-order chi connectivity index (χ0) is 9.26. The molecule has 0 amide bonds. The van der Waals surface area contributed by atoms with Gasteiger partial charge in [0.1, 0.15) is 0 Å². The topological polar surface area (TPSA) is 15.3 Å². The Morgan fingerprint density at radius 2 is 2.15 bits per heavy atom. The molecule has 0 fully saturated rings. The van der Waals surface area contributed by atoms with Gasteiger partial charge in [0.2, 0.25) is 0 Å². The lowest BCUT2D eigenvalue weighted by Gasteiger charge is -2.21. The van der Waals surface area contributed by atoms with Gasteiger partial charge in [-0.3, -0.25) is 0 Å². The van der Waals surface area contributed by atoms with Crippen LogP contribution in [-0.4, -0.2) is 20.6 Å². The summed E-state index contributed by atoms with van der Waals surface area (Å²) >= 11 is 0. The van der Waals surface area contributed by atoms with Gasteiger partial charge in [-0.1, -0.05) is 6.07 Å². The van der Waals surface area contributed by atoms with E-state index in [0.717, 1.165) is 6.54 Å². The smallest absolute Gasteiger partial charge is 0.0393 e. The Balaban J connectivity index is 2.35. The second-order valence-corrected chi connectivity index (χ2v) is 3.77. The molecule has 0 saturated carbocycles. The largest absolute Gasteiger partial charge is 0.385 e. The minimum absolute atomic E-state index is 1.11. The maximum Gasteiger partial charge on any atom is 0.0393 e. The lowest BCUT2D eigenvalue weighted by atomic mass is 10.0. The van der Waals surface area contributed by atoms with Crippen molar-refractivity contribution in [3.63, 3.8) is 0 Å². The molecular weight excluding hydrogens is 160 g/mol. The minimum atomic E-state index is 1.11. The van der Waals surface area contributed by atoms with Crippen LogP contribution in [0.4, 0.5) is 11.4 Å². The number of nitrogens with one attached hydrogen (secondary N) is 1. The van der Waals surface area contributed by atoms with Crippen LogP contribution in [-0.2, 0) is 6.42 Å². The molecule has 1 aliphatic heterocycles. The van der Waals surface area contributed by atoms with Crippen LogP contribution in [0.2, 0.25) is 0 Å².